The molecule has 3 rings (SSSR count). The summed E-state index contributed by atoms with van der Waals surface area (Å²) < 4.78 is 38.5. The largest absolute Gasteiger partial charge is 0.389 e. The van der Waals surface area contributed by atoms with E-state index in [1.165, 1.54) is 0 Å². The molecule has 0 aromatic heterocycles. The molecule has 1 aliphatic heterocycles. The molecule has 0 fully saturated rings. The Bertz CT molecular complexity index is 1150. The summed E-state index contributed by atoms with van der Waals surface area (Å²) in [5, 5.41) is 5.36. The van der Waals surface area contributed by atoms with E-state index in [-0.39, 0.29) is 6.42 Å². The number of benzene rings is 2. The van der Waals surface area contributed by atoms with Crippen molar-refractivity contribution < 1.29 is 27.6 Å². The van der Waals surface area contributed by atoms with Crippen molar-refractivity contribution in [3.63, 3.8) is 0 Å². The zero-order valence-corrected chi connectivity index (χ0v) is 20.1. The molecule has 0 bridgehead atoms. The minimum absolute atomic E-state index is 0.125. The number of hydrogen-bond acceptors (Lipinski definition) is 4. The molecule has 0 saturated carbocycles. The van der Waals surface area contributed by atoms with E-state index in [1.54, 1.807) is 13.0 Å². The van der Waals surface area contributed by atoms with Crippen LogP contribution in [0.4, 0.5) is 18.9 Å². The predicted molar refractivity (Wildman–Crippen MR) is 130 cm³/mol. The van der Waals surface area contributed by atoms with Crippen molar-refractivity contribution in [2.24, 2.45) is 22.6 Å². The topological polar surface area (TPSA) is 114 Å². The highest BCUT2D eigenvalue weighted by Crippen LogP contribution is 2.30. The fraction of sp³-hybridized carbons (Fsp3) is 0.385. The van der Waals surface area contributed by atoms with Gasteiger partial charge in [-0.2, -0.15) is 13.2 Å². The fourth-order valence-electron chi connectivity index (χ4n) is 4.33. The van der Waals surface area contributed by atoms with E-state index in [0.29, 0.717) is 28.9 Å². The van der Waals surface area contributed by atoms with Gasteiger partial charge in [0, 0.05) is 29.4 Å². The number of rotatable bonds is 9. The van der Waals surface area contributed by atoms with Crippen molar-refractivity contribution in [2.75, 3.05) is 5.32 Å². The number of nitrogens with two attached hydrogens (primary N) is 1. The van der Waals surface area contributed by atoms with Crippen LogP contribution in [-0.4, -0.2) is 35.8 Å². The van der Waals surface area contributed by atoms with Crippen molar-refractivity contribution in [3.05, 3.63) is 65.2 Å². The zero-order chi connectivity index (χ0) is 26.5. The first-order valence-electron chi connectivity index (χ1n) is 11.7. The van der Waals surface area contributed by atoms with Crippen LogP contribution in [-0.2, 0) is 14.4 Å². The van der Waals surface area contributed by atoms with Gasteiger partial charge < -0.3 is 16.4 Å². The van der Waals surface area contributed by atoms with Crippen LogP contribution in [0.2, 0.25) is 0 Å². The van der Waals surface area contributed by atoms with Gasteiger partial charge in [-0.1, -0.05) is 61.9 Å². The Morgan fingerprint density at radius 1 is 1.08 bits per heavy atom. The molecular formula is C26H29F3N4O3. The molecule has 1 aliphatic rings. The standard InChI is InChI=1S/C26H29F3N4O3/c1-3-8-18(17(22(30)34)13-14-26(27,28)29)24(35)33-23-25(36)32-20-15(2)9-7-12-19(20)21(31-23)16-10-5-4-6-11-16/h4-7,9-12,17-18,23H,3,8,13-14H2,1-2H3,(H2,30,34)(H,32,36)(H,33,35)/t17-,18+,23-/m1/s1. The van der Waals surface area contributed by atoms with Crippen molar-refractivity contribution >= 4 is 29.1 Å². The Balaban J connectivity index is 1.96. The first-order valence-corrected chi connectivity index (χ1v) is 11.7. The summed E-state index contributed by atoms with van der Waals surface area (Å²) in [5.41, 5.74) is 8.58. The first-order chi connectivity index (χ1) is 17.0. The number of carbonyl (C=O) groups excluding carboxylic acids is 3. The van der Waals surface area contributed by atoms with E-state index in [0.717, 1.165) is 5.56 Å². The molecule has 0 spiro atoms. The predicted octanol–water partition coefficient (Wildman–Crippen LogP) is 4.09. The highest BCUT2D eigenvalue weighted by Gasteiger charge is 2.38. The number of nitrogens with zero attached hydrogens (tertiary/aromatic N) is 1. The summed E-state index contributed by atoms with van der Waals surface area (Å²) in [4.78, 5) is 43.0. The molecule has 3 atom stereocenters. The highest BCUT2D eigenvalue weighted by molar-refractivity contribution is 6.20. The van der Waals surface area contributed by atoms with Crippen LogP contribution < -0.4 is 16.4 Å². The van der Waals surface area contributed by atoms with Crippen LogP contribution in [0.1, 0.15) is 49.3 Å². The van der Waals surface area contributed by atoms with Crippen LogP contribution in [0.25, 0.3) is 0 Å². The Kier molecular flexibility index (Phi) is 8.49. The van der Waals surface area contributed by atoms with E-state index in [1.807, 2.05) is 49.4 Å². The maximum atomic E-state index is 13.3. The number of aryl methyl sites for hydroxylation is 1. The zero-order valence-electron chi connectivity index (χ0n) is 20.1. The number of amides is 3. The van der Waals surface area contributed by atoms with Crippen LogP contribution in [0.15, 0.2) is 53.5 Å². The van der Waals surface area contributed by atoms with Crippen LogP contribution in [0.3, 0.4) is 0 Å². The van der Waals surface area contributed by atoms with Gasteiger partial charge in [-0.25, -0.2) is 4.99 Å². The van der Waals surface area contributed by atoms with Crippen LogP contribution in [0, 0.1) is 18.8 Å². The average molecular weight is 503 g/mol. The number of hydrogen-bond donors (Lipinski definition) is 3. The van der Waals surface area contributed by atoms with Crippen molar-refractivity contribution in [2.45, 2.75) is 51.9 Å². The summed E-state index contributed by atoms with van der Waals surface area (Å²) in [6, 6.07) is 14.6. The number of aliphatic imine (C=N–C) groups is 1. The number of anilines is 1. The van der Waals surface area contributed by atoms with Crippen molar-refractivity contribution in [1.29, 1.82) is 0 Å². The number of para-hydroxylation sites is 1. The third kappa shape index (κ3) is 6.50. The van der Waals surface area contributed by atoms with Crippen molar-refractivity contribution in [3.8, 4) is 0 Å². The monoisotopic (exact) mass is 502 g/mol. The fourth-order valence-corrected chi connectivity index (χ4v) is 4.33. The van der Waals surface area contributed by atoms with E-state index >= 15 is 0 Å². The second-order valence-corrected chi connectivity index (χ2v) is 8.80. The molecule has 0 unspecified atom stereocenters. The molecule has 0 saturated heterocycles. The lowest BCUT2D eigenvalue weighted by Gasteiger charge is -2.25. The van der Waals surface area contributed by atoms with Gasteiger partial charge in [0.1, 0.15) is 0 Å². The number of alkyl halides is 3. The lowest BCUT2D eigenvalue weighted by Crippen LogP contribution is -2.48. The van der Waals surface area contributed by atoms with Crippen molar-refractivity contribution in [1.82, 2.24) is 5.32 Å². The van der Waals surface area contributed by atoms with Gasteiger partial charge >= 0.3 is 6.18 Å². The number of benzodiazepines with no additional fused rings is 1. The van der Waals surface area contributed by atoms with Crippen LogP contribution in [0.5, 0.6) is 0 Å². The molecule has 4 N–H and O–H groups in total. The lowest BCUT2D eigenvalue weighted by atomic mass is 9.83. The van der Waals surface area contributed by atoms with E-state index < -0.39 is 54.7 Å². The molecule has 36 heavy (non-hydrogen) atoms. The molecule has 0 aliphatic carbocycles. The normalized spacial score (nSPS) is 17.2. The van der Waals surface area contributed by atoms with Crippen LogP contribution >= 0.6 is 0 Å². The average Bonchev–Trinajstić information content (AvgIpc) is 2.95. The minimum atomic E-state index is -4.50. The van der Waals surface area contributed by atoms with E-state index in [9.17, 15) is 27.6 Å². The second-order valence-electron chi connectivity index (χ2n) is 8.80. The van der Waals surface area contributed by atoms with Gasteiger partial charge in [0.25, 0.3) is 5.91 Å². The molecule has 2 aromatic carbocycles. The third-order valence-electron chi connectivity index (χ3n) is 6.14. The van der Waals surface area contributed by atoms with Gasteiger partial charge in [0.2, 0.25) is 18.0 Å². The van der Waals surface area contributed by atoms with Gasteiger partial charge in [0.05, 0.1) is 11.4 Å². The van der Waals surface area contributed by atoms with Gasteiger partial charge in [-0.15, -0.1) is 0 Å². The smallest absolute Gasteiger partial charge is 0.369 e. The first kappa shape index (κ1) is 26.9. The summed E-state index contributed by atoms with van der Waals surface area (Å²) >= 11 is 0. The number of nitrogens with one attached hydrogen (secondary N) is 2. The second kappa shape index (κ2) is 11.4. The van der Waals surface area contributed by atoms with Gasteiger partial charge in [0.15, 0.2) is 0 Å². The van der Waals surface area contributed by atoms with Gasteiger partial charge in [-0.3, -0.25) is 14.4 Å². The highest BCUT2D eigenvalue weighted by atomic mass is 19.4. The minimum Gasteiger partial charge on any atom is -0.369 e. The SMILES string of the molecule is CCC[C@H](C(=O)N[C@H]1N=C(c2ccccc2)c2cccc(C)c2NC1=O)[C@@H](CCC(F)(F)F)C(N)=O. The molecular weight excluding hydrogens is 473 g/mol. The maximum Gasteiger partial charge on any atom is 0.389 e. The van der Waals surface area contributed by atoms with Gasteiger partial charge in [-0.05, 0) is 25.3 Å². The number of carbonyl (C=O) groups is 3. The van der Waals surface area contributed by atoms with E-state index in [4.69, 9.17) is 5.73 Å². The molecule has 0 radical (unpaired) electrons. The molecule has 1 heterocycles. The molecule has 192 valence electrons. The quantitative estimate of drug-likeness (QED) is 0.480. The lowest BCUT2D eigenvalue weighted by molar-refractivity contribution is -0.145. The third-order valence-corrected chi connectivity index (χ3v) is 6.14. The maximum absolute atomic E-state index is 13.3. The Hall–Kier alpha value is -3.69. The molecule has 3 amide bonds. The summed E-state index contributed by atoms with van der Waals surface area (Å²) in [6.07, 6.45) is -7.18. The number of primary amides is 1. The molecule has 7 nitrogen and oxygen atoms in total. The molecule has 10 heteroatoms. The Morgan fingerprint density at radius 3 is 2.39 bits per heavy atom. The van der Waals surface area contributed by atoms with E-state index in [2.05, 4.69) is 15.6 Å². The Labute approximate surface area is 207 Å². The summed E-state index contributed by atoms with van der Waals surface area (Å²) in [5.74, 6) is -4.81. The molecule has 2 aromatic rings. The Morgan fingerprint density at radius 2 is 1.78 bits per heavy atom. The number of halogens is 3. The number of fused-ring (bicyclic) bond motifs is 1. The summed E-state index contributed by atoms with van der Waals surface area (Å²) in [6.45, 7) is 3.57. The summed E-state index contributed by atoms with van der Waals surface area (Å²) in [7, 11) is 0.